The van der Waals surface area contributed by atoms with Gasteiger partial charge in [0.15, 0.2) is 5.96 Å². The molecule has 1 rings (SSSR count). The van der Waals surface area contributed by atoms with Gasteiger partial charge in [0.05, 0.1) is 12.1 Å². The van der Waals surface area contributed by atoms with Crippen molar-refractivity contribution >= 4 is 5.96 Å². The smallest absolute Gasteiger partial charge is 0.191 e. The standard InChI is InChI=1S/C19H33N3O/c1-5-19(23,6-2)15-21-18(20-7-3)22-16(4)13-14-17-11-9-8-10-12-17/h8-12,16,23H,5-7,13-15H2,1-4H3,(H2,20,21,22). The summed E-state index contributed by atoms with van der Waals surface area (Å²) in [5, 5.41) is 17.1. The van der Waals surface area contributed by atoms with E-state index in [1.54, 1.807) is 0 Å². The van der Waals surface area contributed by atoms with Crippen LogP contribution in [0.15, 0.2) is 35.3 Å². The van der Waals surface area contributed by atoms with E-state index in [4.69, 9.17) is 0 Å². The first-order valence-electron chi connectivity index (χ1n) is 8.84. The van der Waals surface area contributed by atoms with Gasteiger partial charge < -0.3 is 15.7 Å². The topological polar surface area (TPSA) is 56.7 Å². The Morgan fingerprint density at radius 1 is 1.17 bits per heavy atom. The summed E-state index contributed by atoms with van der Waals surface area (Å²) in [5.74, 6) is 0.786. The van der Waals surface area contributed by atoms with Crippen LogP contribution in [0.4, 0.5) is 0 Å². The molecule has 0 aliphatic heterocycles. The number of hydrogen-bond acceptors (Lipinski definition) is 2. The predicted molar refractivity (Wildman–Crippen MR) is 98.9 cm³/mol. The summed E-state index contributed by atoms with van der Waals surface area (Å²) < 4.78 is 0. The van der Waals surface area contributed by atoms with Crippen molar-refractivity contribution in [2.24, 2.45) is 4.99 Å². The van der Waals surface area contributed by atoms with Crippen molar-refractivity contribution in [3.05, 3.63) is 35.9 Å². The summed E-state index contributed by atoms with van der Waals surface area (Å²) >= 11 is 0. The molecule has 0 aliphatic carbocycles. The van der Waals surface area contributed by atoms with E-state index in [1.807, 2.05) is 19.9 Å². The molecule has 0 radical (unpaired) electrons. The zero-order valence-corrected chi connectivity index (χ0v) is 15.1. The molecule has 1 aromatic rings. The third-order valence-corrected chi connectivity index (χ3v) is 4.28. The van der Waals surface area contributed by atoms with Crippen LogP contribution < -0.4 is 10.6 Å². The van der Waals surface area contributed by atoms with Gasteiger partial charge in [-0.1, -0.05) is 44.2 Å². The zero-order chi connectivity index (χ0) is 17.1. The summed E-state index contributed by atoms with van der Waals surface area (Å²) in [7, 11) is 0. The van der Waals surface area contributed by atoms with Crippen LogP contribution in [-0.4, -0.2) is 35.8 Å². The van der Waals surface area contributed by atoms with Crippen molar-refractivity contribution in [2.45, 2.75) is 65.0 Å². The Morgan fingerprint density at radius 2 is 1.83 bits per heavy atom. The van der Waals surface area contributed by atoms with E-state index in [0.717, 1.165) is 38.2 Å². The van der Waals surface area contributed by atoms with E-state index < -0.39 is 5.60 Å². The number of aliphatic hydroxyl groups is 1. The summed E-state index contributed by atoms with van der Waals surface area (Å²) in [6.07, 6.45) is 3.52. The lowest BCUT2D eigenvalue weighted by atomic mass is 9.98. The molecule has 0 spiro atoms. The molecule has 4 heteroatoms. The highest BCUT2D eigenvalue weighted by atomic mass is 16.3. The molecule has 0 amide bonds. The molecule has 1 unspecified atom stereocenters. The minimum absolute atomic E-state index is 0.323. The fourth-order valence-electron chi connectivity index (χ4n) is 2.35. The Bertz CT molecular complexity index is 455. The average Bonchev–Trinajstić information content (AvgIpc) is 2.58. The number of rotatable bonds is 9. The largest absolute Gasteiger partial charge is 0.388 e. The first-order valence-corrected chi connectivity index (χ1v) is 8.84. The minimum Gasteiger partial charge on any atom is -0.388 e. The quantitative estimate of drug-likeness (QED) is 0.484. The van der Waals surface area contributed by atoms with E-state index in [0.29, 0.717) is 12.6 Å². The number of nitrogens with zero attached hydrogens (tertiary/aromatic N) is 1. The number of nitrogens with one attached hydrogen (secondary N) is 2. The van der Waals surface area contributed by atoms with Crippen molar-refractivity contribution in [1.29, 1.82) is 0 Å². The van der Waals surface area contributed by atoms with Crippen molar-refractivity contribution in [1.82, 2.24) is 10.6 Å². The number of benzene rings is 1. The van der Waals surface area contributed by atoms with E-state index >= 15 is 0 Å². The van der Waals surface area contributed by atoms with Crippen molar-refractivity contribution in [3.8, 4) is 0 Å². The van der Waals surface area contributed by atoms with Gasteiger partial charge in [-0.25, -0.2) is 0 Å². The Hall–Kier alpha value is -1.55. The van der Waals surface area contributed by atoms with Crippen LogP contribution >= 0.6 is 0 Å². The molecule has 3 N–H and O–H groups in total. The lowest BCUT2D eigenvalue weighted by Crippen LogP contribution is -2.43. The molecular formula is C19H33N3O. The predicted octanol–water partition coefficient (Wildman–Crippen LogP) is 3.11. The van der Waals surface area contributed by atoms with Gasteiger partial charge in [0.2, 0.25) is 0 Å². The van der Waals surface area contributed by atoms with Gasteiger partial charge in [0.25, 0.3) is 0 Å². The Morgan fingerprint density at radius 3 is 2.39 bits per heavy atom. The Balaban J connectivity index is 2.53. The maximum Gasteiger partial charge on any atom is 0.191 e. The van der Waals surface area contributed by atoms with Gasteiger partial charge in [-0.3, -0.25) is 4.99 Å². The van der Waals surface area contributed by atoms with Crippen molar-refractivity contribution in [3.63, 3.8) is 0 Å². The molecule has 1 aromatic carbocycles. The second-order valence-corrected chi connectivity index (χ2v) is 6.20. The monoisotopic (exact) mass is 319 g/mol. The molecule has 0 aromatic heterocycles. The first-order chi connectivity index (χ1) is 11.0. The minimum atomic E-state index is -0.699. The van der Waals surface area contributed by atoms with Gasteiger partial charge in [0.1, 0.15) is 0 Å². The van der Waals surface area contributed by atoms with Crippen LogP contribution in [0, 0.1) is 0 Å². The molecule has 0 saturated heterocycles. The normalized spacial score (nSPS) is 13.7. The maximum atomic E-state index is 10.4. The molecule has 0 saturated carbocycles. The SMILES string of the molecule is CCNC(=NCC(O)(CC)CC)NC(C)CCc1ccccc1. The van der Waals surface area contributed by atoms with Crippen LogP contribution in [0.5, 0.6) is 0 Å². The first kappa shape index (κ1) is 19.5. The van der Waals surface area contributed by atoms with Crippen LogP contribution in [-0.2, 0) is 6.42 Å². The lowest BCUT2D eigenvalue weighted by Gasteiger charge is -2.24. The summed E-state index contributed by atoms with van der Waals surface area (Å²) in [4.78, 5) is 4.57. The summed E-state index contributed by atoms with van der Waals surface area (Å²) in [5.41, 5.74) is 0.657. The van der Waals surface area contributed by atoms with E-state index in [2.05, 4.69) is 53.7 Å². The molecule has 23 heavy (non-hydrogen) atoms. The van der Waals surface area contributed by atoms with Gasteiger partial charge in [-0.2, -0.15) is 0 Å². The summed E-state index contributed by atoms with van der Waals surface area (Å²) in [6, 6.07) is 10.8. The fraction of sp³-hybridized carbons (Fsp3) is 0.632. The van der Waals surface area contributed by atoms with Gasteiger partial charge >= 0.3 is 0 Å². The van der Waals surface area contributed by atoms with Crippen molar-refractivity contribution in [2.75, 3.05) is 13.1 Å². The number of aryl methyl sites for hydroxylation is 1. The highest BCUT2D eigenvalue weighted by Gasteiger charge is 2.21. The van der Waals surface area contributed by atoms with E-state index in [-0.39, 0.29) is 0 Å². The Kier molecular flexibility index (Phi) is 8.70. The molecule has 0 fully saturated rings. The second kappa shape index (κ2) is 10.3. The molecule has 1 atom stereocenters. The molecular weight excluding hydrogens is 286 g/mol. The van der Waals surface area contributed by atoms with Gasteiger partial charge in [-0.05, 0) is 45.1 Å². The Labute approximate surface area is 141 Å². The van der Waals surface area contributed by atoms with Gasteiger partial charge in [0, 0.05) is 12.6 Å². The molecule has 0 heterocycles. The molecule has 0 aliphatic rings. The fourth-order valence-corrected chi connectivity index (χ4v) is 2.35. The van der Waals surface area contributed by atoms with E-state index in [1.165, 1.54) is 5.56 Å². The highest BCUT2D eigenvalue weighted by Crippen LogP contribution is 2.14. The molecule has 4 nitrogen and oxygen atoms in total. The lowest BCUT2D eigenvalue weighted by molar-refractivity contribution is 0.0417. The summed E-state index contributed by atoms with van der Waals surface area (Å²) in [6.45, 7) is 9.47. The molecule has 130 valence electrons. The number of aliphatic imine (C=N–C) groups is 1. The third kappa shape index (κ3) is 7.51. The average molecular weight is 319 g/mol. The third-order valence-electron chi connectivity index (χ3n) is 4.28. The highest BCUT2D eigenvalue weighted by molar-refractivity contribution is 5.80. The van der Waals surface area contributed by atoms with Crippen LogP contribution in [0.3, 0.4) is 0 Å². The molecule has 0 bridgehead atoms. The van der Waals surface area contributed by atoms with Crippen molar-refractivity contribution < 1.29 is 5.11 Å². The van der Waals surface area contributed by atoms with Gasteiger partial charge in [-0.15, -0.1) is 0 Å². The van der Waals surface area contributed by atoms with Crippen LogP contribution in [0.2, 0.25) is 0 Å². The maximum absolute atomic E-state index is 10.4. The number of hydrogen-bond donors (Lipinski definition) is 3. The van der Waals surface area contributed by atoms with E-state index in [9.17, 15) is 5.11 Å². The number of guanidine groups is 1. The zero-order valence-electron chi connectivity index (χ0n) is 15.1. The van der Waals surface area contributed by atoms with Crippen LogP contribution in [0.25, 0.3) is 0 Å². The van der Waals surface area contributed by atoms with Crippen LogP contribution in [0.1, 0.15) is 52.5 Å². The second-order valence-electron chi connectivity index (χ2n) is 6.20.